The lowest BCUT2D eigenvalue weighted by Gasteiger charge is -2.65. The van der Waals surface area contributed by atoms with Crippen LogP contribution in [0, 0.1) is 34.5 Å². The van der Waals surface area contributed by atoms with Crippen molar-refractivity contribution in [1.29, 1.82) is 0 Å². The summed E-state index contributed by atoms with van der Waals surface area (Å²) in [5.74, 6) is 2.59. The van der Waals surface area contributed by atoms with E-state index in [1.807, 2.05) is 6.07 Å². The fourth-order valence-electron chi connectivity index (χ4n) is 10.7. The van der Waals surface area contributed by atoms with Crippen LogP contribution in [-0.4, -0.2) is 48.5 Å². The minimum Gasteiger partial charge on any atom is -0.415 e. The number of hydrogen-bond acceptors (Lipinski definition) is 5. The highest BCUT2D eigenvalue weighted by molar-refractivity contribution is 6.70. The van der Waals surface area contributed by atoms with Gasteiger partial charge < -0.3 is 18.1 Å². The molecule has 4 aliphatic carbocycles. The zero-order chi connectivity index (χ0) is 33.1. The Morgan fingerprint density at radius 3 is 2.11 bits per heavy atom. The van der Waals surface area contributed by atoms with Crippen molar-refractivity contribution in [2.45, 2.75) is 155 Å². The Balaban J connectivity index is 1.50. The van der Waals surface area contributed by atoms with Crippen LogP contribution in [0.4, 0.5) is 0 Å². The molecule has 0 aliphatic heterocycles. The molecule has 0 saturated heterocycles. The van der Waals surface area contributed by atoms with Gasteiger partial charge in [-0.05, 0) is 152 Å². The van der Waals surface area contributed by atoms with E-state index in [2.05, 4.69) is 104 Å². The topological polar surface area (TPSA) is 49.3 Å². The summed E-state index contributed by atoms with van der Waals surface area (Å²) in [5.41, 5.74) is 2.00. The predicted molar refractivity (Wildman–Crippen MR) is 195 cm³/mol. The van der Waals surface area contributed by atoms with E-state index in [-0.39, 0.29) is 11.5 Å². The number of fused-ring (bicyclic) bond motifs is 5. The van der Waals surface area contributed by atoms with Crippen LogP contribution in [0.15, 0.2) is 35.5 Å². The summed E-state index contributed by atoms with van der Waals surface area (Å²) in [6, 6.07) is 10.4. The molecule has 0 spiro atoms. The largest absolute Gasteiger partial charge is 0.415 e. The first kappa shape index (κ1) is 35.5. The highest BCUT2D eigenvalue weighted by atomic mass is 28.4. The maximum atomic E-state index is 7.44. The van der Waals surface area contributed by atoms with Gasteiger partial charge in [0, 0.05) is 17.6 Å². The molecule has 9 atom stereocenters. The van der Waals surface area contributed by atoms with Gasteiger partial charge in [-0.3, -0.25) is 0 Å². The first-order valence-corrected chi connectivity index (χ1v) is 28.3. The lowest BCUT2D eigenvalue weighted by Crippen LogP contribution is -2.65. The van der Waals surface area contributed by atoms with Gasteiger partial charge in [0.1, 0.15) is 12.2 Å². The SMILES string of the molecule is C/C(=N\OCc1ccccc1)[C@@]1(O[Si](C)(C)C)CC[C@H]2[C@@H]3CC[C@@H]4C[C@H](O[Si](C)(C)C)CC[C@]4(C)[C@H]3[C@@H](O[Si](C)(C)C)C[C@@]21C. The molecule has 4 saturated carbocycles. The van der Waals surface area contributed by atoms with E-state index in [0.717, 1.165) is 30.0 Å². The molecule has 5 nitrogen and oxygen atoms in total. The molecule has 0 radical (unpaired) electrons. The Morgan fingerprint density at radius 1 is 0.822 bits per heavy atom. The summed E-state index contributed by atoms with van der Waals surface area (Å²) in [4.78, 5) is 6.09. The zero-order valence-corrected chi connectivity index (χ0v) is 33.8. The van der Waals surface area contributed by atoms with Crippen LogP contribution < -0.4 is 0 Å². The first-order chi connectivity index (χ1) is 20.8. The van der Waals surface area contributed by atoms with Gasteiger partial charge in [0.05, 0.1) is 5.71 Å². The molecule has 5 rings (SSSR count). The fourth-order valence-corrected chi connectivity index (χ4v) is 14.6. The summed E-state index contributed by atoms with van der Waals surface area (Å²) in [6.45, 7) is 29.2. The third kappa shape index (κ3) is 7.31. The van der Waals surface area contributed by atoms with Gasteiger partial charge in [-0.2, -0.15) is 0 Å². The Hall–Kier alpha value is -0.779. The Bertz CT molecular complexity index is 1210. The molecule has 4 fully saturated rings. The van der Waals surface area contributed by atoms with Gasteiger partial charge in [0.15, 0.2) is 25.0 Å². The van der Waals surface area contributed by atoms with Gasteiger partial charge in [0.2, 0.25) is 0 Å². The van der Waals surface area contributed by atoms with Crippen LogP contribution in [0.3, 0.4) is 0 Å². The number of oxime groups is 1. The summed E-state index contributed by atoms with van der Waals surface area (Å²) in [7, 11) is -5.32. The van der Waals surface area contributed by atoms with Gasteiger partial charge in [-0.15, -0.1) is 0 Å². The van der Waals surface area contributed by atoms with Gasteiger partial charge in [-0.1, -0.05) is 49.3 Å². The van der Waals surface area contributed by atoms with Crippen molar-refractivity contribution in [3.63, 3.8) is 0 Å². The van der Waals surface area contributed by atoms with E-state index in [4.69, 9.17) is 23.3 Å². The molecule has 45 heavy (non-hydrogen) atoms. The molecule has 0 bridgehead atoms. The van der Waals surface area contributed by atoms with Gasteiger partial charge in [0.25, 0.3) is 0 Å². The summed E-state index contributed by atoms with van der Waals surface area (Å²) in [5, 5.41) is 4.89. The third-order valence-corrected chi connectivity index (χ3v) is 15.0. The van der Waals surface area contributed by atoms with E-state index >= 15 is 0 Å². The highest BCUT2D eigenvalue weighted by Gasteiger charge is 2.69. The van der Waals surface area contributed by atoms with Gasteiger partial charge >= 0.3 is 0 Å². The molecule has 0 aromatic heterocycles. The number of benzene rings is 1. The van der Waals surface area contributed by atoms with Crippen molar-refractivity contribution >= 4 is 30.7 Å². The maximum absolute atomic E-state index is 7.44. The smallest absolute Gasteiger partial charge is 0.185 e. The van der Waals surface area contributed by atoms with Crippen LogP contribution in [-0.2, 0) is 24.7 Å². The lowest BCUT2D eigenvalue weighted by atomic mass is 9.43. The van der Waals surface area contributed by atoms with E-state index in [1.165, 1.54) is 38.5 Å². The molecule has 8 heteroatoms. The van der Waals surface area contributed by atoms with E-state index in [0.29, 0.717) is 35.9 Å². The molecule has 4 aliphatic rings. The second-order valence-corrected chi connectivity index (χ2v) is 32.0. The minimum atomic E-state index is -1.95. The Morgan fingerprint density at radius 2 is 1.49 bits per heavy atom. The Kier molecular flexibility index (Phi) is 9.94. The number of hydrogen-bond donors (Lipinski definition) is 0. The summed E-state index contributed by atoms with van der Waals surface area (Å²) in [6.07, 6.45) is 10.3. The standard InChI is InChI=1S/C37H65NO4Si3/c1-27(38-39-26-28-16-14-13-15-17-28)37(42-45(10,11)12)23-21-32-31-19-18-29-24-30(40-43(4,5)6)20-22-35(29,2)34(31)33(25-36(32,37)3)41-44(7,8)9/h13-17,29-34H,18-26H2,1-12H3/b38-27+/t29-,30-,31+,32+,33+,34-,35+,36+,37+/m1/s1. The highest BCUT2D eigenvalue weighted by Crippen LogP contribution is 2.70. The van der Waals surface area contributed by atoms with Crippen molar-refractivity contribution in [2.24, 2.45) is 39.7 Å². The van der Waals surface area contributed by atoms with E-state index in [1.54, 1.807) is 0 Å². The molecule has 0 unspecified atom stereocenters. The molecular formula is C37H65NO4Si3. The minimum absolute atomic E-state index is 0.0518. The second kappa shape index (κ2) is 12.6. The molecule has 0 N–H and O–H groups in total. The lowest BCUT2D eigenvalue weighted by molar-refractivity contribution is -0.183. The normalized spacial score (nSPS) is 39.2. The van der Waals surface area contributed by atoms with Crippen molar-refractivity contribution in [3.8, 4) is 0 Å². The Labute approximate surface area is 279 Å². The predicted octanol–water partition coefficient (Wildman–Crippen LogP) is 10.3. The summed E-state index contributed by atoms with van der Waals surface area (Å²) < 4.78 is 21.6. The van der Waals surface area contributed by atoms with Crippen LogP contribution in [0.2, 0.25) is 58.9 Å². The van der Waals surface area contributed by atoms with Crippen LogP contribution in [0.25, 0.3) is 0 Å². The number of rotatable bonds is 10. The molecule has 1 aromatic rings. The zero-order valence-electron chi connectivity index (χ0n) is 30.8. The summed E-state index contributed by atoms with van der Waals surface area (Å²) >= 11 is 0. The molecule has 254 valence electrons. The van der Waals surface area contributed by atoms with Crippen LogP contribution >= 0.6 is 0 Å². The maximum Gasteiger partial charge on any atom is 0.185 e. The first-order valence-electron chi connectivity index (χ1n) is 18.0. The van der Waals surface area contributed by atoms with Crippen molar-refractivity contribution in [3.05, 3.63) is 35.9 Å². The monoisotopic (exact) mass is 671 g/mol. The quantitative estimate of drug-likeness (QED) is 0.141. The number of nitrogens with zero attached hydrogens (tertiary/aromatic N) is 1. The molecule has 0 heterocycles. The van der Waals surface area contributed by atoms with Crippen LogP contribution in [0.5, 0.6) is 0 Å². The van der Waals surface area contributed by atoms with Gasteiger partial charge in [-0.25, -0.2) is 0 Å². The average molecular weight is 672 g/mol. The van der Waals surface area contributed by atoms with Crippen LogP contribution in [0.1, 0.15) is 77.7 Å². The van der Waals surface area contributed by atoms with Crippen molar-refractivity contribution in [2.75, 3.05) is 0 Å². The second-order valence-electron chi connectivity index (χ2n) is 18.6. The van der Waals surface area contributed by atoms with E-state index < -0.39 is 30.6 Å². The molecule has 0 amide bonds. The molecular weight excluding hydrogens is 607 g/mol. The third-order valence-electron chi connectivity index (χ3n) is 12.0. The fraction of sp³-hybridized carbons (Fsp3) is 0.811. The average Bonchev–Trinajstić information content (AvgIpc) is 3.18. The van der Waals surface area contributed by atoms with Crippen molar-refractivity contribution in [1.82, 2.24) is 0 Å². The van der Waals surface area contributed by atoms with E-state index in [9.17, 15) is 0 Å². The van der Waals surface area contributed by atoms with Crippen molar-refractivity contribution < 1.29 is 18.1 Å². The molecule has 1 aromatic carbocycles.